The molecule has 3 saturated heterocycles. The average Bonchev–Trinajstić information content (AvgIpc) is 3.39. The van der Waals surface area contributed by atoms with Crippen LogP contribution in [0.3, 0.4) is 0 Å². The van der Waals surface area contributed by atoms with Gasteiger partial charge in [0, 0.05) is 37.4 Å². The molecule has 7 heteroatoms. The summed E-state index contributed by atoms with van der Waals surface area (Å²) in [5.74, 6) is 1.43. The van der Waals surface area contributed by atoms with Gasteiger partial charge in [-0.2, -0.15) is 0 Å². The first-order chi connectivity index (χ1) is 13.4. The second kappa shape index (κ2) is 7.50. The topological polar surface area (TPSA) is 84.7 Å². The van der Waals surface area contributed by atoms with E-state index in [4.69, 9.17) is 9.26 Å². The minimum absolute atomic E-state index is 0.181. The molecule has 4 atom stereocenters. The van der Waals surface area contributed by atoms with E-state index in [0.29, 0.717) is 37.0 Å². The fraction of sp³-hybridized carbons (Fsp3) is 0.762. The lowest BCUT2D eigenvalue weighted by molar-refractivity contribution is -0.131. The van der Waals surface area contributed by atoms with E-state index in [2.05, 4.69) is 24.3 Å². The molecule has 4 rings (SSSR count). The van der Waals surface area contributed by atoms with Crippen LogP contribution in [0, 0.1) is 24.7 Å². The van der Waals surface area contributed by atoms with E-state index >= 15 is 0 Å². The van der Waals surface area contributed by atoms with Crippen molar-refractivity contribution in [3.8, 4) is 0 Å². The van der Waals surface area contributed by atoms with E-state index in [0.717, 1.165) is 32.2 Å². The number of hydrogen-bond acceptors (Lipinski definition) is 5. The monoisotopic (exact) mass is 389 g/mol. The molecule has 0 unspecified atom stereocenters. The Balaban J connectivity index is 1.35. The molecule has 1 spiro atoms. The molecule has 1 aromatic rings. The second-order valence-corrected chi connectivity index (χ2v) is 9.13. The Hall–Kier alpha value is -1.89. The van der Waals surface area contributed by atoms with Crippen LogP contribution >= 0.6 is 0 Å². The number of nitrogens with one attached hydrogen (secondary N) is 1. The van der Waals surface area contributed by atoms with Crippen LogP contribution in [0.25, 0.3) is 0 Å². The zero-order chi connectivity index (χ0) is 19.9. The fourth-order valence-electron chi connectivity index (χ4n) is 5.24. The molecule has 3 fully saturated rings. The quantitative estimate of drug-likeness (QED) is 0.775. The molecule has 0 aliphatic carbocycles. The third-order valence-electron chi connectivity index (χ3n) is 6.66. The van der Waals surface area contributed by atoms with Gasteiger partial charge in [-0.1, -0.05) is 25.4 Å². The van der Waals surface area contributed by atoms with Gasteiger partial charge in [0.15, 0.2) is 0 Å². The lowest BCUT2D eigenvalue weighted by Gasteiger charge is -2.29. The zero-order valence-corrected chi connectivity index (χ0v) is 17.1. The maximum Gasteiger partial charge on any atom is 0.289 e. The number of rotatable bonds is 7. The highest BCUT2D eigenvalue weighted by atomic mass is 16.5. The van der Waals surface area contributed by atoms with E-state index in [1.54, 1.807) is 13.0 Å². The van der Waals surface area contributed by atoms with Crippen molar-refractivity contribution in [3.63, 3.8) is 0 Å². The number of aryl methyl sites for hydroxylation is 1. The number of carbonyl (C=O) groups is 2. The molecule has 3 aliphatic heterocycles. The Kier molecular flexibility index (Phi) is 5.21. The Morgan fingerprint density at radius 2 is 2.25 bits per heavy atom. The Morgan fingerprint density at radius 3 is 2.96 bits per heavy atom. The molecule has 0 saturated carbocycles. The van der Waals surface area contributed by atoms with Gasteiger partial charge in [0.1, 0.15) is 0 Å². The standard InChI is InChI=1S/C21H31N3O4/c1-13(2)5-4-6-19(25)24-11-16-15(17-7-8-21(16,12-24)27-17)10-22-20(26)18-9-14(3)23-28-18/h9,13,15-17H,4-8,10-12H2,1-3H3,(H,22,26)/t15-,16+,17+,21+/m0/s1. The van der Waals surface area contributed by atoms with Crippen molar-refractivity contribution in [2.75, 3.05) is 19.6 Å². The van der Waals surface area contributed by atoms with Crippen molar-refractivity contribution >= 4 is 11.8 Å². The first-order valence-corrected chi connectivity index (χ1v) is 10.5. The van der Waals surface area contributed by atoms with Crippen LogP contribution < -0.4 is 5.32 Å². The molecule has 4 heterocycles. The van der Waals surface area contributed by atoms with Crippen molar-refractivity contribution in [1.82, 2.24) is 15.4 Å². The summed E-state index contributed by atoms with van der Waals surface area (Å²) >= 11 is 0. The Morgan fingerprint density at radius 1 is 1.43 bits per heavy atom. The van der Waals surface area contributed by atoms with E-state index < -0.39 is 0 Å². The molecule has 1 aromatic heterocycles. The summed E-state index contributed by atoms with van der Waals surface area (Å²) in [4.78, 5) is 27.0. The summed E-state index contributed by atoms with van der Waals surface area (Å²) in [6.45, 7) is 8.17. The Bertz CT molecular complexity index is 746. The van der Waals surface area contributed by atoms with Crippen LogP contribution in [0.5, 0.6) is 0 Å². The third kappa shape index (κ3) is 3.56. The second-order valence-electron chi connectivity index (χ2n) is 9.13. The highest BCUT2D eigenvalue weighted by molar-refractivity contribution is 5.91. The molecular formula is C21H31N3O4. The average molecular weight is 389 g/mol. The van der Waals surface area contributed by atoms with E-state index in [1.807, 2.05) is 4.90 Å². The van der Waals surface area contributed by atoms with Crippen LogP contribution in [-0.4, -0.2) is 53.2 Å². The fourth-order valence-corrected chi connectivity index (χ4v) is 5.24. The predicted octanol–water partition coefficient (Wildman–Crippen LogP) is 2.55. The van der Waals surface area contributed by atoms with Gasteiger partial charge in [0.25, 0.3) is 5.91 Å². The van der Waals surface area contributed by atoms with Crippen LogP contribution in [0.1, 0.15) is 62.2 Å². The smallest absolute Gasteiger partial charge is 0.289 e. The van der Waals surface area contributed by atoms with Crippen LogP contribution in [0.4, 0.5) is 0 Å². The minimum atomic E-state index is -0.239. The van der Waals surface area contributed by atoms with Gasteiger partial charge >= 0.3 is 0 Å². The van der Waals surface area contributed by atoms with Gasteiger partial charge in [0.05, 0.1) is 23.9 Å². The predicted molar refractivity (Wildman–Crippen MR) is 103 cm³/mol. The summed E-state index contributed by atoms with van der Waals surface area (Å²) in [7, 11) is 0. The number of ether oxygens (including phenoxy) is 1. The summed E-state index contributed by atoms with van der Waals surface area (Å²) < 4.78 is 11.4. The molecule has 154 valence electrons. The lowest BCUT2D eigenvalue weighted by Crippen LogP contribution is -2.41. The van der Waals surface area contributed by atoms with Gasteiger partial charge in [-0.15, -0.1) is 0 Å². The summed E-state index contributed by atoms with van der Waals surface area (Å²) in [6, 6.07) is 1.64. The number of nitrogens with zero attached hydrogens (tertiary/aromatic N) is 2. The number of hydrogen-bond donors (Lipinski definition) is 1. The van der Waals surface area contributed by atoms with Crippen molar-refractivity contribution < 1.29 is 18.8 Å². The van der Waals surface area contributed by atoms with Crippen molar-refractivity contribution in [2.24, 2.45) is 17.8 Å². The van der Waals surface area contributed by atoms with E-state index in [-0.39, 0.29) is 35.2 Å². The van der Waals surface area contributed by atoms with Gasteiger partial charge in [-0.05, 0) is 32.1 Å². The third-order valence-corrected chi connectivity index (χ3v) is 6.66. The van der Waals surface area contributed by atoms with E-state index in [9.17, 15) is 9.59 Å². The first kappa shape index (κ1) is 19.4. The first-order valence-electron chi connectivity index (χ1n) is 10.5. The van der Waals surface area contributed by atoms with Crippen LogP contribution in [0.2, 0.25) is 0 Å². The molecule has 0 aromatic carbocycles. The summed E-state index contributed by atoms with van der Waals surface area (Å²) in [5, 5.41) is 6.75. The lowest BCUT2D eigenvalue weighted by atomic mass is 9.73. The number of amides is 2. The molecule has 2 amide bonds. The summed E-state index contributed by atoms with van der Waals surface area (Å²) in [6.07, 6.45) is 4.86. The normalized spacial score (nSPS) is 30.9. The number of fused-ring (bicyclic) bond motifs is 1. The maximum atomic E-state index is 12.7. The highest BCUT2D eigenvalue weighted by Crippen LogP contribution is 2.54. The molecule has 28 heavy (non-hydrogen) atoms. The zero-order valence-electron chi connectivity index (χ0n) is 17.1. The SMILES string of the molecule is Cc1cc(C(=O)NC[C@H]2[C@H]3CN(C(=O)CCCC(C)C)C[C@]34CC[C@H]2O4)on1. The molecule has 2 bridgehead atoms. The minimum Gasteiger partial charge on any atom is -0.369 e. The van der Waals surface area contributed by atoms with Gasteiger partial charge in [-0.3, -0.25) is 9.59 Å². The molecule has 0 radical (unpaired) electrons. The van der Waals surface area contributed by atoms with Crippen molar-refractivity contribution in [3.05, 3.63) is 17.5 Å². The summed E-state index contributed by atoms with van der Waals surface area (Å²) in [5.41, 5.74) is 0.492. The Labute approximate surface area is 166 Å². The van der Waals surface area contributed by atoms with Gasteiger partial charge in [0.2, 0.25) is 11.7 Å². The number of carbonyl (C=O) groups excluding carboxylic acids is 2. The number of likely N-dealkylation sites (tertiary alicyclic amines) is 1. The molecule has 1 N–H and O–H groups in total. The molecular weight excluding hydrogens is 358 g/mol. The van der Waals surface area contributed by atoms with E-state index in [1.165, 1.54) is 0 Å². The highest BCUT2D eigenvalue weighted by Gasteiger charge is 2.63. The molecule has 7 nitrogen and oxygen atoms in total. The van der Waals surface area contributed by atoms with Crippen LogP contribution in [0.15, 0.2) is 10.6 Å². The van der Waals surface area contributed by atoms with Crippen molar-refractivity contribution in [2.45, 2.75) is 64.6 Å². The molecule has 3 aliphatic rings. The van der Waals surface area contributed by atoms with Gasteiger partial charge < -0.3 is 19.5 Å². The van der Waals surface area contributed by atoms with Crippen molar-refractivity contribution in [1.29, 1.82) is 0 Å². The number of aromatic nitrogens is 1. The largest absolute Gasteiger partial charge is 0.369 e. The van der Waals surface area contributed by atoms with Gasteiger partial charge in [-0.25, -0.2) is 0 Å². The maximum absolute atomic E-state index is 12.7. The van der Waals surface area contributed by atoms with Crippen LogP contribution in [-0.2, 0) is 9.53 Å².